The quantitative estimate of drug-likeness (QED) is 0.938. The molecular formula is C12H15ClN2O2S. The van der Waals surface area contributed by atoms with Gasteiger partial charge >= 0.3 is 5.97 Å². The van der Waals surface area contributed by atoms with Crippen LogP contribution in [0.5, 0.6) is 0 Å². The number of hydrogen-bond acceptors (Lipinski definition) is 3. The molecule has 0 spiro atoms. The zero-order valence-electron chi connectivity index (χ0n) is 10.5. The van der Waals surface area contributed by atoms with Gasteiger partial charge in [0, 0.05) is 17.5 Å². The molecule has 0 amide bonds. The normalized spacial score (nSPS) is 13.4. The van der Waals surface area contributed by atoms with Gasteiger partial charge in [-0.25, -0.2) is 4.98 Å². The number of carboxylic acids is 1. The summed E-state index contributed by atoms with van der Waals surface area (Å²) in [5.41, 5.74) is 1.84. The number of imidazole rings is 1. The number of aromatic nitrogens is 2. The highest BCUT2D eigenvalue weighted by Gasteiger charge is 2.25. The first kappa shape index (κ1) is 13.4. The Morgan fingerprint density at radius 2 is 2.28 bits per heavy atom. The van der Waals surface area contributed by atoms with Gasteiger partial charge in [-0.1, -0.05) is 25.4 Å². The Morgan fingerprint density at radius 1 is 1.61 bits per heavy atom. The molecule has 1 N–H and O–H groups in total. The molecule has 18 heavy (non-hydrogen) atoms. The average Bonchev–Trinajstić information content (AvgIpc) is 2.75. The lowest BCUT2D eigenvalue weighted by Gasteiger charge is -2.15. The Labute approximate surface area is 114 Å². The summed E-state index contributed by atoms with van der Waals surface area (Å²) in [6, 6.07) is 0. The number of carboxylic acid groups (broad SMARTS) is 1. The van der Waals surface area contributed by atoms with Crippen molar-refractivity contribution in [1.29, 1.82) is 0 Å². The number of carbonyl (C=O) groups is 1. The summed E-state index contributed by atoms with van der Waals surface area (Å²) >= 11 is 7.63. The van der Waals surface area contributed by atoms with E-state index in [1.165, 1.54) is 11.3 Å². The summed E-state index contributed by atoms with van der Waals surface area (Å²) in [6.07, 6.45) is 0.407. The fraction of sp³-hybridized carbons (Fsp3) is 0.500. The Kier molecular flexibility index (Phi) is 3.64. The van der Waals surface area contributed by atoms with Gasteiger partial charge in [-0.3, -0.25) is 9.20 Å². The number of fused-ring (bicyclic) bond motifs is 1. The molecule has 1 atom stereocenters. The molecule has 0 saturated heterocycles. The fourth-order valence-electron chi connectivity index (χ4n) is 2.03. The van der Waals surface area contributed by atoms with E-state index in [4.69, 9.17) is 11.6 Å². The lowest BCUT2D eigenvalue weighted by atomic mass is 9.91. The van der Waals surface area contributed by atoms with Gasteiger partial charge in [-0.15, -0.1) is 11.3 Å². The van der Waals surface area contributed by atoms with Crippen molar-refractivity contribution < 1.29 is 9.90 Å². The van der Waals surface area contributed by atoms with E-state index in [0.717, 1.165) is 16.3 Å². The standard InChI is InChI=1S/C12H15ClN2O2S/c1-6(2)8(11(16)17)4-9-10(13)14-12-15(9)7(3)5-18-12/h5-6,8H,4H2,1-3H3,(H,16,17). The molecule has 0 bridgehead atoms. The molecule has 98 valence electrons. The fourth-order valence-corrected chi connectivity index (χ4v) is 3.21. The van der Waals surface area contributed by atoms with Crippen molar-refractivity contribution in [3.05, 3.63) is 21.9 Å². The largest absolute Gasteiger partial charge is 0.481 e. The van der Waals surface area contributed by atoms with Crippen LogP contribution in [0.2, 0.25) is 5.15 Å². The third-order valence-electron chi connectivity index (χ3n) is 3.12. The molecule has 0 aliphatic heterocycles. The zero-order chi connectivity index (χ0) is 13.4. The van der Waals surface area contributed by atoms with Crippen molar-refractivity contribution in [2.45, 2.75) is 27.2 Å². The number of halogens is 1. The van der Waals surface area contributed by atoms with Crippen molar-refractivity contribution in [1.82, 2.24) is 9.38 Å². The summed E-state index contributed by atoms with van der Waals surface area (Å²) in [6.45, 7) is 5.78. The van der Waals surface area contributed by atoms with Crippen molar-refractivity contribution >= 4 is 33.9 Å². The van der Waals surface area contributed by atoms with Gasteiger partial charge < -0.3 is 5.11 Å². The number of aliphatic carboxylic acids is 1. The molecule has 0 fully saturated rings. The highest BCUT2D eigenvalue weighted by molar-refractivity contribution is 7.15. The summed E-state index contributed by atoms with van der Waals surface area (Å²) < 4.78 is 1.95. The van der Waals surface area contributed by atoms with E-state index in [2.05, 4.69) is 4.98 Å². The maximum absolute atomic E-state index is 11.3. The van der Waals surface area contributed by atoms with E-state index in [9.17, 15) is 9.90 Å². The summed E-state index contributed by atoms with van der Waals surface area (Å²) in [5.74, 6) is -1.17. The molecule has 0 aliphatic carbocycles. The van der Waals surface area contributed by atoms with Crippen LogP contribution in [-0.2, 0) is 11.2 Å². The van der Waals surface area contributed by atoms with Gasteiger partial charge in [0.1, 0.15) is 0 Å². The minimum absolute atomic E-state index is 0.0584. The third-order valence-corrected chi connectivity index (χ3v) is 4.36. The molecule has 0 radical (unpaired) electrons. The lowest BCUT2D eigenvalue weighted by Crippen LogP contribution is -2.23. The van der Waals surface area contributed by atoms with Crippen LogP contribution in [-0.4, -0.2) is 20.5 Å². The lowest BCUT2D eigenvalue weighted by molar-refractivity contribution is -0.143. The van der Waals surface area contributed by atoms with Crippen LogP contribution in [0.15, 0.2) is 5.38 Å². The van der Waals surface area contributed by atoms with Crippen LogP contribution in [0.4, 0.5) is 0 Å². The molecule has 1 unspecified atom stereocenters. The monoisotopic (exact) mass is 286 g/mol. The molecule has 2 heterocycles. The van der Waals surface area contributed by atoms with Gasteiger partial charge in [0.05, 0.1) is 11.6 Å². The molecule has 0 aromatic carbocycles. The first-order valence-electron chi connectivity index (χ1n) is 5.75. The van der Waals surface area contributed by atoms with Crippen LogP contribution in [0, 0.1) is 18.8 Å². The number of aryl methyl sites for hydroxylation is 1. The van der Waals surface area contributed by atoms with Gasteiger partial charge in [0.2, 0.25) is 0 Å². The number of rotatable bonds is 4. The van der Waals surface area contributed by atoms with Crippen molar-refractivity contribution in [3.8, 4) is 0 Å². The Hall–Kier alpha value is -1.07. The van der Waals surface area contributed by atoms with E-state index in [1.807, 2.05) is 30.6 Å². The van der Waals surface area contributed by atoms with Crippen LogP contribution >= 0.6 is 22.9 Å². The molecule has 0 saturated carbocycles. The zero-order valence-corrected chi connectivity index (χ0v) is 12.0. The second-order valence-corrected chi connectivity index (χ2v) is 5.93. The van der Waals surface area contributed by atoms with Gasteiger partial charge in [-0.2, -0.15) is 0 Å². The van der Waals surface area contributed by atoms with Crippen LogP contribution < -0.4 is 0 Å². The predicted octanol–water partition coefficient (Wildman–Crippen LogP) is 3.26. The smallest absolute Gasteiger partial charge is 0.307 e. The Balaban J connectivity index is 2.44. The van der Waals surface area contributed by atoms with Crippen LogP contribution in [0.25, 0.3) is 4.96 Å². The maximum Gasteiger partial charge on any atom is 0.307 e. The average molecular weight is 287 g/mol. The van der Waals surface area contributed by atoms with E-state index >= 15 is 0 Å². The van der Waals surface area contributed by atoms with Crippen LogP contribution in [0.3, 0.4) is 0 Å². The number of thiazole rings is 1. The first-order valence-corrected chi connectivity index (χ1v) is 7.01. The Morgan fingerprint density at radius 3 is 2.83 bits per heavy atom. The van der Waals surface area contributed by atoms with Crippen molar-refractivity contribution in [2.24, 2.45) is 11.8 Å². The summed E-state index contributed by atoms with van der Waals surface area (Å²) in [4.78, 5) is 16.3. The number of hydrogen-bond donors (Lipinski definition) is 1. The highest BCUT2D eigenvalue weighted by Crippen LogP contribution is 2.28. The first-order chi connectivity index (χ1) is 8.41. The molecule has 2 aromatic rings. The van der Waals surface area contributed by atoms with E-state index < -0.39 is 11.9 Å². The topological polar surface area (TPSA) is 54.6 Å². The minimum Gasteiger partial charge on any atom is -0.481 e. The SMILES string of the molecule is Cc1csc2nc(Cl)c(CC(C(=O)O)C(C)C)n12. The van der Waals surface area contributed by atoms with Crippen molar-refractivity contribution in [2.75, 3.05) is 0 Å². The maximum atomic E-state index is 11.3. The summed E-state index contributed by atoms with van der Waals surface area (Å²) in [7, 11) is 0. The van der Waals surface area contributed by atoms with Gasteiger partial charge in [0.15, 0.2) is 10.1 Å². The molecule has 2 rings (SSSR count). The molecular weight excluding hydrogens is 272 g/mol. The van der Waals surface area contributed by atoms with Gasteiger partial charge in [-0.05, 0) is 12.8 Å². The predicted molar refractivity (Wildman–Crippen MR) is 72.5 cm³/mol. The van der Waals surface area contributed by atoms with Crippen molar-refractivity contribution in [3.63, 3.8) is 0 Å². The third kappa shape index (κ3) is 2.24. The molecule has 0 aliphatic rings. The Bertz CT molecular complexity index is 588. The highest BCUT2D eigenvalue weighted by atomic mass is 35.5. The second-order valence-electron chi connectivity index (χ2n) is 4.74. The van der Waals surface area contributed by atoms with E-state index in [-0.39, 0.29) is 5.92 Å². The van der Waals surface area contributed by atoms with Crippen LogP contribution in [0.1, 0.15) is 25.2 Å². The van der Waals surface area contributed by atoms with Gasteiger partial charge in [0.25, 0.3) is 0 Å². The van der Waals surface area contributed by atoms with E-state index in [0.29, 0.717) is 11.6 Å². The second kappa shape index (κ2) is 4.90. The molecule has 4 nitrogen and oxygen atoms in total. The molecule has 2 aromatic heterocycles. The van der Waals surface area contributed by atoms with E-state index in [1.54, 1.807) is 0 Å². The number of nitrogens with zero attached hydrogens (tertiary/aromatic N) is 2. The summed E-state index contributed by atoms with van der Waals surface area (Å²) in [5, 5.41) is 11.7. The molecule has 6 heteroatoms. The minimum atomic E-state index is -0.788.